The van der Waals surface area contributed by atoms with Crippen LogP contribution in [0.3, 0.4) is 0 Å². The summed E-state index contributed by atoms with van der Waals surface area (Å²) in [4.78, 5) is 11.2. The lowest BCUT2D eigenvalue weighted by atomic mass is 10.2. The first-order chi connectivity index (χ1) is 6.52. The topological polar surface area (TPSA) is 54.4 Å². The van der Waals surface area contributed by atoms with Gasteiger partial charge in [-0.15, -0.1) is 0 Å². The Morgan fingerprint density at radius 3 is 2.14 bits per heavy atom. The van der Waals surface area contributed by atoms with Crippen LogP contribution in [0.2, 0.25) is 0 Å². The molecule has 0 aromatic heterocycles. The van der Waals surface area contributed by atoms with Crippen molar-refractivity contribution >= 4 is 16.8 Å². The average molecular weight is 212 g/mol. The minimum absolute atomic E-state index is 0.0469. The molecule has 3 nitrogen and oxygen atoms in total. The molecule has 0 saturated carbocycles. The van der Waals surface area contributed by atoms with E-state index in [-0.39, 0.29) is 10.8 Å². The lowest BCUT2D eigenvalue weighted by Crippen LogP contribution is -2.06. The van der Waals surface area contributed by atoms with Gasteiger partial charge in [0.05, 0.1) is 16.4 Å². The molecule has 0 radical (unpaired) electrons. The zero-order valence-electron chi connectivity index (χ0n) is 8.06. The number of carboxylic acid groups (broad SMARTS) is 1. The maximum Gasteiger partial charge on any atom is 0.335 e. The van der Waals surface area contributed by atoms with Crippen molar-refractivity contribution in [3.8, 4) is 0 Å². The zero-order chi connectivity index (χ0) is 10.7. The fourth-order valence-electron chi connectivity index (χ4n) is 1.00. The number of carbonyl (C=O) groups is 1. The van der Waals surface area contributed by atoms with Crippen LogP contribution in [0.15, 0.2) is 29.2 Å². The van der Waals surface area contributed by atoms with Crippen LogP contribution in [-0.4, -0.2) is 20.5 Å². The fraction of sp³-hybridized carbons (Fsp3) is 0.300. The largest absolute Gasteiger partial charge is 0.478 e. The number of aromatic carboxylic acids is 1. The Kier molecular flexibility index (Phi) is 3.41. The number of benzene rings is 1. The zero-order valence-corrected chi connectivity index (χ0v) is 8.88. The average Bonchev–Trinajstić information content (AvgIpc) is 2.16. The van der Waals surface area contributed by atoms with Crippen LogP contribution in [0.25, 0.3) is 0 Å². The van der Waals surface area contributed by atoms with Crippen LogP contribution in [0, 0.1) is 0 Å². The van der Waals surface area contributed by atoms with Crippen LogP contribution in [0.5, 0.6) is 0 Å². The first-order valence-corrected chi connectivity index (χ1v) is 5.47. The smallest absolute Gasteiger partial charge is 0.335 e. The van der Waals surface area contributed by atoms with E-state index in [9.17, 15) is 9.00 Å². The molecule has 0 amide bonds. The Morgan fingerprint density at radius 2 is 1.79 bits per heavy atom. The van der Waals surface area contributed by atoms with Gasteiger partial charge in [0.15, 0.2) is 0 Å². The van der Waals surface area contributed by atoms with Crippen molar-refractivity contribution in [3.63, 3.8) is 0 Å². The molecule has 0 aliphatic heterocycles. The molecule has 0 heterocycles. The van der Waals surface area contributed by atoms with E-state index >= 15 is 0 Å². The summed E-state index contributed by atoms with van der Waals surface area (Å²) in [5, 5.41) is 8.69. The molecule has 1 aromatic rings. The molecule has 76 valence electrons. The third kappa shape index (κ3) is 2.42. The van der Waals surface area contributed by atoms with E-state index in [4.69, 9.17) is 5.11 Å². The van der Waals surface area contributed by atoms with Gasteiger partial charge in [-0.25, -0.2) is 4.79 Å². The molecule has 0 aliphatic carbocycles. The third-order valence-corrected chi connectivity index (χ3v) is 3.35. The second kappa shape index (κ2) is 4.37. The number of rotatable bonds is 3. The highest BCUT2D eigenvalue weighted by molar-refractivity contribution is 7.85. The van der Waals surface area contributed by atoms with E-state index < -0.39 is 16.8 Å². The van der Waals surface area contributed by atoms with E-state index in [1.807, 2.05) is 13.8 Å². The SMILES string of the molecule is CC(C)S(=O)c1ccc(C(=O)O)cc1. The van der Waals surface area contributed by atoms with Gasteiger partial charge in [-0.3, -0.25) is 4.21 Å². The van der Waals surface area contributed by atoms with Crippen molar-refractivity contribution in [2.45, 2.75) is 24.0 Å². The van der Waals surface area contributed by atoms with Gasteiger partial charge < -0.3 is 5.11 Å². The molecule has 1 rings (SSSR count). The second-order valence-corrected chi connectivity index (χ2v) is 5.18. The van der Waals surface area contributed by atoms with Gasteiger partial charge in [0, 0.05) is 10.1 Å². The summed E-state index contributed by atoms with van der Waals surface area (Å²) < 4.78 is 11.6. The Balaban J connectivity index is 2.94. The highest BCUT2D eigenvalue weighted by Crippen LogP contribution is 2.12. The summed E-state index contributed by atoms with van der Waals surface area (Å²) in [6.45, 7) is 3.72. The molecule has 1 aromatic carbocycles. The molecule has 1 unspecified atom stereocenters. The van der Waals surface area contributed by atoms with Crippen molar-refractivity contribution in [3.05, 3.63) is 29.8 Å². The summed E-state index contributed by atoms with van der Waals surface area (Å²) in [5.41, 5.74) is 0.217. The van der Waals surface area contributed by atoms with Gasteiger partial charge in [0.2, 0.25) is 0 Å². The summed E-state index contributed by atoms with van der Waals surface area (Å²) in [7, 11) is -1.05. The molecule has 0 bridgehead atoms. The Labute approximate surface area is 85.2 Å². The normalized spacial score (nSPS) is 12.8. The molecule has 0 saturated heterocycles. The van der Waals surface area contributed by atoms with E-state index in [1.54, 1.807) is 12.1 Å². The second-order valence-electron chi connectivity index (χ2n) is 3.18. The molecule has 0 spiro atoms. The van der Waals surface area contributed by atoms with Crippen LogP contribution < -0.4 is 0 Å². The predicted octanol–water partition coefficient (Wildman–Crippen LogP) is 1.90. The maximum absolute atomic E-state index is 11.6. The third-order valence-electron chi connectivity index (χ3n) is 1.76. The van der Waals surface area contributed by atoms with E-state index in [1.165, 1.54) is 12.1 Å². The van der Waals surface area contributed by atoms with Crippen LogP contribution in [0.1, 0.15) is 24.2 Å². The molecular formula is C10H12O3S. The lowest BCUT2D eigenvalue weighted by molar-refractivity contribution is 0.0697. The molecule has 14 heavy (non-hydrogen) atoms. The number of carboxylic acids is 1. The highest BCUT2D eigenvalue weighted by Gasteiger charge is 2.09. The predicted molar refractivity (Wildman–Crippen MR) is 54.9 cm³/mol. The Hall–Kier alpha value is -1.16. The first-order valence-electron chi connectivity index (χ1n) is 4.26. The van der Waals surface area contributed by atoms with Crippen LogP contribution in [-0.2, 0) is 10.8 Å². The van der Waals surface area contributed by atoms with Crippen molar-refractivity contribution in [1.82, 2.24) is 0 Å². The summed E-state index contributed by atoms with van der Waals surface area (Å²) in [6.07, 6.45) is 0. The van der Waals surface area contributed by atoms with Gasteiger partial charge in [-0.1, -0.05) is 13.8 Å². The van der Waals surface area contributed by atoms with Gasteiger partial charge in [0.1, 0.15) is 0 Å². The number of hydrogen-bond acceptors (Lipinski definition) is 2. The molecule has 1 N–H and O–H groups in total. The minimum atomic E-state index is -1.05. The van der Waals surface area contributed by atoms with Crippen LogP contribution >= 0.6 is 0 Å². The Bertz CT molecular complexity index is 354. The van der Waals surface area contributed by atoms with Crippen molar-refractivity contribution in [2.75, 3.05) is 0 Å². The maximum atomic E-state index is 11.6. The van der Waals surface area contributed by atoms with Gasteiger partial charge in [0.25, 0.3) is 0 Å². The van der Waals surface area contributed by atoms with E-state index in [0.717, 1.165) is 0 Å². The van der Waals surface area contributed by atoms with Crippen molar-refractivity contribution in [2.24, 2.45) is 0 Å². The molecule has 0 fully saturated rings. The van der Waals surface area contributed by atoms with Gasteiger partial charge in [-0.05, 0) is 24.3 Å². The molecule has 0 aliphatic rings. The fourth-order valence-corrected chi connectivity index (χ4v) is 1.95. The highest BCUT2D eigenvalue weighted by atomic mass is 32.2. The standard InChI is InChI=1S/C10H12O3S/c1-7(2)14(13)9-5-3-8(4-6-9)10(11)12/h3-7H,1-2H3,(H,11,12). The van der Waals surface area contributed by atoms with E-state index in [2.05, 4.69) is 0 Å². The van der Waals surface area contributed by atoms with Crippen molar-refractivity contribution < 1.29 is 14.1 Å². The Morgan fingerprint density at radius 1 is 1.29 bits per heavy atom. The monoisotopic (exact) mass is 212 g/mol. The lowest BCUT2D eigenvalue weighted by Gasteiger charge is -2.05. The molecule has 4 heteroatoms. The first kappa shape index (κ1) is 10.9. The molecular weight excluding hydrogens is 200 g/mol. The summed E-state index contributed by atoms with van der Waals surface area (Å²) in [5.74, 6) is -0.966. The van der Waals surface area contributed by atoms with Crippen molar-refractivity contribution in [1.29, 1.82) is 0 Å². The molecule has 1 atom stereocenters. The van der Waals surface area contributed by atoms with Crippen LogP contribution in [0.4, 0.5) is 0 Å². The van der Waals surface area contributed by atoms with Gasteiger partial charge in [-0.2, -0.15) is 0 Å². The van der Waals surface area contributed by atoms with Gasteiger partial charge >= 0.3 is 5.97 Å². The van der Waals surface area contributed by atoms with E-state index in [0.29, 0.717) is 4.90 Å². The quantitative estimate of drug-likeness (QED) is 0.832. The summed E-state index contributed by atoms with van der Waals surface area (Å²) >= 11 is 0. The minimum Gasteiger partial charge on any atom is -0.478 e. The number of hydrogen-bond donors (Lipinski definition) is 1. The summed E-state index contributed by atoms with van der Waals surface area (Å²) in [6, 6.07) is 6.13.